The van der Waals surface area contributed by atoms with Gasteiger partial charge in [0.2, 0.25) is 5.91 Å². The van der Waals surface area contributed by atoms with E-state index in [0.29, 0.717) is 25.3 Å². The molecule has 3 rings (SSSR count). The molecule has 6 nitrogen and oxygen atoms in total. The zero-order valence-electron chi connectivity index (χ0n) is 17.9. The number of piperidine rings is 1. The monoisotopic (exact) mass is 444 g/mol. The van der Waals surface area contributed by atoms with Crippen LogP contribution in [0.5, 0.6) is 0 Å². The number of carbonyl (C=O) groups excluding carboxylic acids is 3. The van der Waals surface area contributed by atoms with Gasteiger partial charge < -0.3 is 15.0 Å². The Morgan fingerprint density at radius 2 is 1.78 bits per heavy atom. The van der Waals surface area contributed by atoms with E-state index < -0.39 is 29.6 Å². The van der Waals surface area contributed by atoms with Crippen molar-refractivity contribution >= 4 is 17.8 Å². The summed E-state index contributed by atoms with van der Waals surface area (Å²) in [6.07, 6.45) is 1.06. The van der Waals surface area contributed by atoms with E-state index in [1.54, 1.807) is 6.92 Å². The number of rotatable bonds is 7. The maximum Gasteiger partial charge on any atom is 0.328 e. The minimum Gasteiger partial charge on any atom is -0.464 e. The minimum absolute atomic E-state index is 0.195. The predicted molar refractivity (Wildman–Crippen MR) is 114 cm³/mol. The Morgan fingerprint density at radius 3 is 2.41 bits per heavy atom. The molecular weight excluding hydrogens is 418 g/mol. The lowest BCUT2D eigenvalue weighted by Gasteiger charge is -2.32. The van der Waals surface area contributed by atoms with Crippen LogP contribution in [0.4, 0.5) is 8.78 Å². The van der Waals surface area contributed by atoms with Crippen LogP contribution in [0.3, 0.4) is 0 Å². The van der Waals surface area contributed by atoms with Crippen LogP contribution in [0.1, 0.15) is 35.7 Å². The predicted octanol–water partition coefficient (Wildman–Crippen LogP) is 3.11. The summed E-state index contributed by atoms with van der Waals surface area (Å²) in [5, 5.41) is 2.79. The lowest BCUT2D eigenvalue weighted by atomic mass is 9.94. The number of amides is 2. The van der Waals surface area contributed by atoms with Gasteiger partial charge in [-0.05, 0) is 37.5 Å². The fraction of sp³-hybridized carbons (Fsp3) is 0.375. The van der Waals surface area contributed by atoms with Crippen molar-refractivity contribution in [2.75, 3.05) is 19.7 Å². The first-order valence-electron chi connectivity index (χ1n) is 10.6. The number of carbonyl (C=O) groups is 3. The summed E-state index contributed by atoms with van der Waals surface area (Å²) in [5.41, 5.74) is 0.701. The third-order valence-electron chi connectivity index (χ3n) is 5.48. The number of hydrogen-bond donors (Lipinski definition) is 1. The number of benzene rings is 2. The van der Waals surface area contributed by atoms with Gasteiger partial charge in [-0.2, -0.15) is 0 Å². The molecule has 1 aliphatic rings. The van der Waals surface area contributed by atoms with E-state index in [-0.39, 0.29) is 37.1 Å². The van der Waals surface area contributed by atoms with Crippen molar-refractivity contribution in [3.63, 3.8) is 0 Å². The van der Waals surface area contributed by atoms with Crippen molar-refractivity contribution in [1.82, 2.24) is 10.2 Å². The van der Waals surface area contributed by atoms with Gasteiger partial charge in [-0.15, -0.1) is 0 Å². The Bertz CT molecular complexity index is 960. The molecule has 32 heavy (non-hydrogen) atoms. The second-order valence-corrected chi connectivity index (χ2v) is 7.69. The Kier molecular flexibility index (Phi) is 7.92. The summed E-state index contributed by atoms with van der Waals surface area (Å²) in [5.74, 6) is -3.35. The molecule has 1 unspecified atom stereocenters. The normalized spacial score (nSPS) is 15.2. The molecule has 170 valence electrons. The standard InChI is InChI=1S/C24H26F2N2O4/c1-2-32-24(31)21(14-16-6-4-3-5-7-16)27-22(29)17-10-12-28(13-11-17)23(30)19-9-8-18(25)15-20(19)26/h3-9,15,17,21H,2,10-14H2,1H3,(H,27,29). The van der Waals surface area contributed by atoms with Crippen LogP contribution in [-0.4, -0.2) is 48.4 Å². The van der Waals surface area contributed by atoms with Crippen molar-refractivity contribution in [2.24, 2.45) is 5.92 Å². The highest BCUT2D eigenvalue weighted by Gasteiger charge is 2.31. The highest BCUT2D eigenvalue weighted by molar-refractivity contribution is 5.94. The Hall–Kier alpha value is -3.29. The van der Waals surface area contributed by atoms with Crippen LogP contribution in [0, 0.1) is 17.6 Å². The number of hydrogen-bond acceptors (Lipinski definition) is 4. The average Bonchev–Trinajstić information content (AvgIpc) is 2.79. The number of halogens is 2. The Balaban J connectivity index is 1.59. The molecule has 0 spiro atoms. The number of nitrogens with zero attached hydrogens (tertiary/aromatic N) is 1. The van der Waals surface area contributed by atoms with Crippen molar-refractivity contribution in [3.05, 3.63) is 71.3 Å². The van der Waals surface area contributed by atoms with E-state index in [1.165, 1.54) is 4.90 Å². The quantitative estimate of drug-likeness (QED) is 0.666. The molecule has 1 saturated heterocycles. The third-order valence-corrected chi connectivity index (χ3v) is 5.48. The molecule has 2 aromatic rings. The van der Waals surface area contributed by atoms with Gasteiger partial charge in [0.25, 0.3) is 5.91 Å². The van der Waals surface area contributed by atoms with E-state index in [2.05, 4.69) is 5.32 Å². The van der Waals surface area contributed by atoms with Crippen LogP contribution < -0.4 is 5.32 Å². The molecule has 8 heteroatoms. The zero-order valence-corrected chi connectivity index (χ0v) is 17.9. The maximum absolute atomic E-state index is 13.9. The molecule has 0 radical (unpaired) electrons. The lowest BCUT2D eigenvalue weighted by molar-refractivity contribution is -0.148. The maximum atomic E-state index is 13.9. The summed E-state index contributed by atoms with van der Waals surface area (Å²) >= 11 is 0. The van der Waals surface area contributed by atoms with Crippen molar-refractivity contribution in [3.8, 4) is 0 Å². The number of nitrogens with one attached hydrogen (secondary N) is 1. The second-order valence-electron chi connectivity index (χ2n) is 7.69. The molecule has 2 amide bonds. The van der Waals surface area contributed by atoms with E-state index >= 15 is 0 Å². The molecule has 1 aliphatic heterocycles. The van der Waals surface area contributed by atoms with E-state index in [4.69, 9.17) is 4.74 Å². The van der Waals surface area contributed by atoms with Crippen LogP contribution >= 0.6 is 0 Å². The lowest BCUT2D eigenvalue weighted by Crippen LogP contribution is -2.48. The van der Waals surface area contributed by atoms with Gasteiger partial charge in [-0.1, -0.05) is 30.3 Å². The third kappa shape index (κ3) is 5.90. The Morgan fingerprint density at radius 1 is 1.09 bits per heavy atom. The minimum atomic E-state index is -0.909. The first-order valence-corrected chi connectivity index (χ1v) is 10.6. The molecule has 1 atom stereocenters. The van der Waals surface area contributed by atoms with Crippen molar-refractivity contribution in [2.45, 2.75) is 32.2 Å². The zero-order chi connectivity index (χ0) is 23.1. The van der Waals surface area contributed by atoms with Gasteiger partial charge >= 0.3 is 5.97 Å². The molecular formula is C24H26F2N2O4. The first-order chi connectivity index (χ1) is 15.4. The highest BCUT2D eigenvalue weighted by atomic mass is 19.1. The van der Waals surface area contributed by atoms with Gasteiger partial charge in [-0.25, -0.2) is 13.6 Å². The summed E-state index contributed by atoms with van der Waals surface area (Å²) in [6.45, 7) is 2.43. The van der Waals surface area contributed by atoms with Gasteiger partial charge in [0, 0.05) is 31.5 Å². The first kappa shape index (κ1) is 23.4. The van der Waals surface area contributed by atoms with Crippen LogP contribution in [0.15, 0.2) is 48.5 Å². The SMILES string of the molecule is CCOC(=O)C(Cc1ccccc1)NC(=O)C1CCN(C(=O)c2ccc(F)cc2F)CC1. The largest absolute Gasteiger partial charge is 0.464 e. The number of likely N-dealkylation sites (tertiary alicyclic amines) is 1. The Labute approximate surface area is 185 Å². The fourth-order valence-electron chi connectivity index (χ4n) is 3.75. The van der Waals surface area contributed by atoms with Crippen molar-refractivity contribution in [1.29, 1.82) is 0 Å². The topological polar surface area (TPSA) is 75.7 Å². The van der Waals surface area contributed by atoms with Crippen molar-refractivity contribution < 1.29 is 27.9 Å². The molecule has 0 bridgehead atoms. The number of esters is 1. The van der Waals surface area contributed by atoms with Gasteiger partial charge in [0.1, 0.15) is 17.7 Å². The van der Waals surface area contributed by atoms with Gasteiger partial charge in [-0.3, -0.25) is 9.59 Å². The van der Waals surface area contributed by atoms with Crippen LogP contribution in [0.25, 0.3) is 0 Å². The average molecular weight is 444 g/mol. The molecule has 1 fully saturated rings. The summed E-state index contributed by atoms with van der Waals surface area (Å²) in [6, 6.07) is 11.4. The van der Waals surface area contributed by atoms with E-state index in [9.17, 15) is 23.2 Å². The molecule has 0 aromatic heterocycles. The van der Waals surface area contributed by atoms with Crippen LogP contribution in [-0.2, 0) is 20.7 Å². The van der Waals surface area contributed by atoms with Gasteiger partial charge in [0.05, 0.1) is 12.2 Å². The molecule has 1 heterocycles. The highest BCUT2D eigenvalue weighted by Crippen LogP contribution is 2.21. The summed E-state index contributed by atoms with van der Waals surface area (Å²) < 4.78 is 32.1. The molecule has 0 saturated carbocycles. The second kappa shape index (κ2) is 10.8. The summed E-state index contributed by atoms with van der Waals surface area (Å²) in [4.78, 5) is 39.2. The van der Waals surface area contributed by atoms with E-state index in [0.717, 1.165) is 17.7 Å². The number of ether oxygens (including phenoxy) is 1. The molecule has 0 aliphatic carbocycles. The molecule has 1 N–H and O–H groups in total. The van der Waals surface area contributed by atoms with Gasteiger partial charge in [0.15, 0.2) is 0 Å². The van der Waals surface area contributed by atoms with Crippen LogP contribution in [0.2, 0.25) is 0 Å². The van der Waals surface area contributed by atoms with E-state index in [1.807, 2.05) is 30.3 Å². The molecule has 2 aromatic carbocycles. The smallest absolute Gasteiger partial charge is 0.328 e. The summed E-state index contributed by atoms with van der Waals surface area (Å²) in [7, 11) is 0. The fourth-order valence-corrected chi connectivity index (χ4v) is 3.75.